The van der Waals surface area contributed by atoms with Crippen LogP contribution in [0.25, 0.3) is 0 Å². The average molecular weight is 129 g/mol. The fourth-order valence-electron chi connectivity index (χ4n) is 0.745. The van der Waals surface area contributed by atoms with Gasteiger partial charge in [-0.25, -0.2) is 5.43 Å². The Balaban J connectivity index is 2.26. The Morgan fingerprint density at radius 2 is 2.33 bits per heavy atom. The van der Waals surface area contributed by atoms with Crippen LogP contribution >= 0.6 is 0 Å². The van der Waals surface area contributed by atoms with Gasteiger partial charge in [-0.05, 0) is 0 Å². The molecule has 0 aromatic carbocycles. The third kappa shape index (κ3) is 2.09. The van der Waals surface area contributed by atoms with Crippen LogP contribution < -0.4 is 16.2 Å². The highest BCUT2D eigenvalue weighted by Gasteiger charge is 2.06. The van der Waals surface area contributed by atoms with Crippen molar-refractivity contribution in [2.75, 3.05) is 19.6 Å². The van der Waals surface area contributed by atoms with Crippen LogP contribution in [-0.4, -0.2) is 32.0 Å². The van der Waals surface area contributed by atoms with Gasteiger partial charge < -0.3 is 10.1 Å². The van der Waals surface area contributed by atoms with E-state index in [1.165, 1.54) is 0 Å². The number of nitrogens with one attached hydrogen (secondary N) is 3. The maximum atomic E-state index is 10.2. The summed E-state index contributed by atoms with van der Waals surface area (Å²) in [6.45, 7) is 2.50. The standard InChI is InChI=1S/C5H11N3O/c9-4-5-3-6-1-2-7-8-5/h4-8H,1-3H2. The first-order valence-corrected chi connectivity index (χ1v) is 3.08. The molecule has 3 N–H and O–H groups in total. The third-order valence-electron chi connectivity index (χ3n) is 1.24. The molecule has 1 atom stereocenters. The Labute approximate surface area is 54.0 Å². The van der Waals surface area contributed by atoms with Crippen molar-refractivity contribution in [3.05, 3.63) is 0 Å². The van der Waals surface area contributed by atoms with Crippen molar-refractivity contribution in [1.82, 2.24) is 16.2 Å². The summed E-state index contributed by atoms with van der Waals surface area (Å²) >= 11 is 0. The summed E-state index contributed by atoms with van der Waals surface area (Å²) in [5, 5.41) is 3.09. The number of carbonyl (C=O) groups excluding carboxylic acids is 1. The SMILES string of the molecule is O=CC1CNCCNN1. The Bertz CT molecular complexity index is 88.2. The molecule has 1 saturated heterocycles. The van der Waals surface area contributed by atoms with E-state index in [2.05, 4.69) is 16.2 Å². The van der Waals surface area contributed by atoms with E-state index in [-0.39, 0.29) is 6.04 Å². The second kappa shape index (κ2) is 3.55. The summed E-state index contributed by atoms with van der Waals surface area (Å²) in [6.07, 6.45) is 0.894. The minimum Gasteiger partial charge on any atom is -0.313 e. The summed E-state index contributed by atoms with van der Waals surface area (Å²) in [6, 6.07) is -0.0764. The molecule has 0 aromatic heterocycles. The number of hydrogen-bond donors (Lipinski definition) is 3. The first kappa shape index (κ1) is 6.67. The Hall–Kier alpha value is -0.450. The van der Waals surface area contributed by atoms with E-state index in [0.29, 0.717) is 0 Å². The van der Waals surface area contributed by atoms with Crippen LogP contribution in [0, 0.1) is 0 Å². The van der Waals surface area contributed by atoms with Crippen LogP contribution in [0.15, 0.2) is 0 Å². The minimum atomic E-state index is -0.0764. The molecule has 1 aliphatic rings. The molecule has 0 amide bonds. The van der Waals surface area contributed by atoms with E-state index in [1.807, 2.05) is 0 Å². The zero-order valence-electron chi connectivity index (χ0n) is 5.18. The third-order valence-corrected chi connectivity index (χ3v) is 1.24. The highest BCUT2D eigenvalue weighted by Crippen LogP contribution is 1.75. The molecule has 4 nitrogen and oxygen atoms in total. The van der Waals surface area contributed by atoms with Crippen LogP contribution in [0.1, 0.15) is 0 Å². The molecule has 1 fully saturated rings. The van der Waals surface area contributed by atoms with Crippen molar-refractivity contribution < 1.29 is 4.79 Å². The molecular weight excluding hydrogens is 118 g/mol. The highest BCUT2D eigenvalue weighted by molar-refractivity contribution is 5.57. The van der Waals surface area contributed by atoms with Crippen molar-refractivity contribution in [3.63, 3.8) is 0 Å². The van der Waals surface area contributed by atoms with Gasteiger partial charge >= 0.3 is 0 Å². The van der Waals surface area contributed by atoms with Gasteiger partial charge in [-0.3, -0.25) is 5.43 Å². The van der Waals surface area contributed by atoms with Crippen LogP contribution in [0.3, 0.4) is 0 Å². The maximum Gasteiger partial charge on any atom is 0.139 e. The highest BCUT2D eigenvalue weighted by atomic mass is 16.1. The first-order chi connectivity index (χ1) is 4.43. The molecule has 0 aromatic rings. The Morgan fingerprint density at radius 1 is 1.44 bits per heavy atom. The van der Waals surface area contributed by atoms with Gasteiger partial charge in [-0.15, -0.1) is 0 Å². The summed E-state index contributed by atoms with van der Waals surface area (Å²) in [4.78, 5) is 10.2. The summed E-state index contributed by atoms with van der Waals surface area (Å²) < 4.78 is 0. The van der Waals surface area contributed by atoms with Crippen molar-refractivity contribution in [2.45, 2.75) is 6.04 Å². The molecule has 52 valence electrons. The molecule has 1 unspecified atom stereocenters. The molecule has 4 heteroatoms. The van der Waals surface area contributed by atoms with Crippen molar-refractivity contribution in [2.24, 2.45) is 0 Å². The second-order valence-electron chi connectivity index (χ2n) is 2.02. The lowest BCUT2D eigenvalue weighted by Crippen LogP contribution is -2.42. The van der Waals surface area contributed by atoms with E-state index in [1.54, 1.807) is 0 Å². The fourth-order valence-corrected chi connectivity index (χ4v) is 0.745. The number of rotatable bonds is 1. The molecular formula is C5H11N3O. The monoisotopic (exact) mass is 129 g/mol. The van der Waals surface area contributed by atoms with Gasteiger partial charge in [0, 0.05) is 19.6 Å². The lowest BCUT2D eigenvalue weighted by atomic mass is 10.3. The van der Waals surface area contributed by atoms with Crippen molar-refractivity contribution >= 4 is 6.29 Å². The van der Waals surface area contributed by atoms with Crippen molar-refractivity contribution in [3.8, 4) is 0 Å². The molecule has 0 saturated carbocycles. The molecule has 1 rings (SSSR count). The van der Waals surface area contributed by atoms with Gasteiger partial charge in [0.15, 0.2) is 0 Å². The van der Waals surface area contributed by atoms with Gasteiger partial charge in [0.2, 0.25) is 0 Å². The molecule has 1 aliphatic heterocycles. The molecule has 9 heavy (non-hydrogen) atoms. The fraction of sp³-hybridized carbons (Fsp3) is 0.800. The van der Waals surface area contributed by atoms with Crippen LogP contribution in [0.4, 0.5) is 0 Å². The zero-order valence-corrected chi connectivity index (χ0v) is 5.18. The average Bonchev–Trinajstić information content (AvgIpc) is 2.13. The molecule has 0 bridgehead atoms. The number of hydrazine groups is 1. The van der Waals surface area contributed by atoms with Crippen molar-refractivity contribution in [1.29, 1.82) is 0 Å². The normalized spacial score (nSPS) is 29.1. The predicted molar refractivity (Wildman–Crippen MR) is 33.9 cm³/mol. The van der Waals surface area contributed by atoms with E-state index in [0.717, 1.165) is 25.9 Å². The summed E-state index contributed by atoms with van der Waals surface area (Å²) in [5.41, 5.74) is 5.76. The van der Waals surface area contributed by atoms with Crippen LogP contribution in [0.2, 0.25) is 0 Å². The topological polar surface area (TPSA) is 53.2 Å². The number of carbonyl (C=O) groups is 1. The zero-order chi connectivity index (χ0) is 6.53. The largest absolute Gasteiger partial charge is 0.313 e. The van der Waals surface area contributed by atoms with Gasteiger partial charge in [0.05, 0.1) is 6.04 Å². The van der Waals surface area contributed by atoms with Gasteiger partial charge in [-0.1, -0.05) is 0 Å². The van der Waals surface area contributed by atoms with Crippen LogP contribution in [0.5, 0.6) is 0 Å². The molecule has 0 spiro atoms. The lowest BCUT2D eigenvalue weighted by molar-refractivity contribution is -0.109. The minimum absolute atomic E-state index is 0.0764. The smallest absolute Gasteiger partial charge is 0.139 e. The Morgan fingerprint density at radius 3 is 3.11 bits per heavy atom. The van der Waals surface area contributed by atoms with Gasteiger partial charge in [-0.2, -0.15) is 0 Å². The van der Waals surface area contributed by atoms with E-state index in [4.69, 9.17) is 0 Å². The number of aldehydes is 1. The first-order valence-electron chi connectivity index (χ1n) is 3.08. The quantitative estimate of drug-likeness (QED) is 0.368. The summed E-state index contributed by atoms with van der Waals surface area (Å²) in [7, 11) is 0. The molecule has 1 heterocycles. The van der Waals surface area contributed by atoms with E-state index < -0.39 is 0 Å². The maximum absolute atomic E-state index is 10.2. The van der Waals surface area contributed by atoms with Crippen LogP contribution in [-0.2, 0) is 4.79 Å². The Kier molecular flexibility index (Phi) is 2.63. The molecule has 0 aliphatic carbocycles. The molecule has 0 radical (unpaired) electrons. The second-order valence-corrected chi connectivity index (χ2v) is 2.02. The van der Waals surface area contributed by atoms with Gasteiger partial charge in [0.1, 0.15) is 6.29 Å². The van der Waals surface area contributed by atoms with Gasteiger partial charge in [0.25, 0.3) is 0 Å². The lowest BCUT2D eigenvalue weighted by Gasteiger charge is -2.05. The van der Waals surface area contributed by atoms with E-state index in [9.17, 15) is 4.79 Å². The number of hydrogen-bond acceptors (Lipinski definition) is 4. The van der Waals surface area contributed by atoms with E-state index >= 15 is 0 Å². The predicted octanol–water partition coefficient (Wildman–Crippen LogP) is -1.75. The summed E-state index contributed by atoms with van der Waals surface area (Å²) in [5.74, 6) is 0.